The number of carbonyl (C=O) groups excluding carboxylic acids is 1. The third-order valence-corrected chi connectivity index (χ3v) is 4.89. The Bertz CT molecular complexity index is 698. The van der Waals surface area contributed by atoms with Gasteiger partial charge in [0.15, 0.2) is 0 Å². The average molecular weight is 322 g/mol. The first-order valence-corrected chi connectivity index (χ1v) is 8.87. The number of fused-ring (bicyclic) bond motifs is 1. The van der Waals surface area contributed by atoms with Gasteiger partial charge in [-0.1, -0.05) is 55.8 Å². The van der Waals surface area contributed by atoms with Gasteiger partial charge in [0.25, 0.3) is 5.91 Å². The summed E-state index contributed by atoms with van der Waals surface area (Å²) in [5.74, 6) is 0.138. The fourth-order valence-corrected chi connectivity index (χ4v) is 3.46. The van der Waals surface area contributed by atoms with Gasteiger partial charge in [0.1, 0.15) is 5.66 Å². The summed E-state index contributed by atoms with van der Waals surface area (Å²) in [6, 6.07) is 18.2. The fourth-order valence-electron chi connectivity index (χ4n) is 3.46. The molecule has 2 aromatic carbocycles. The van der Waals surface area contributed by atoms with Gasteiger partial charge < -0.3 is 10.2 Å². The Kier molecular flexibility index (Phi) is 4.89. The van der Waals surface area contributed by atoms with Gasteiger partial charge in [0.2, 0.25) is 0 Å². The summed E-state index contributed by atoms with van der Waals surface area (Å²) in [6.07, 6.45) is 4.05. The van der Waals surface area contributed by atoms with Crippen LogP contribution < -0.4 is 5.32 Å². The van der Waals surface area contributed by atoms with E-state index in [2.05, 4.69) is 43.4 Å². The molecule has 1 unspecified atom stereocenters. The number of hydrogen-bond donors (Lipinski definition) is 1. The molecule has 0 saturated heterocycles. The van der Waals surface area contributed by atoms with Gasteiger partial charge in [-0.2, -0.15) is 0 Å². The predicted molar refractivity (Wildman–Crippen MR) is 99.2 cm³/mol. The zero-order valence-electron chi connectivity index (χ0n) is 14.6. The van der Waals surface area contributed by atoms with E-state index >= 15 is 0 Å². The van der Waals surface area contributed by atoms with Crippen molar-refractivity contribution in [3.63, 3.8) is 0 Å². The monoisotopic (exact) mass is 322 g/mol. The van der Waals surface area contributed by atoms with Crippen LogP contribution in [0.5, 0.6) is 0 Å². The topological polar surface area (TPSA) is 32.3 Å². The molecule has 1 atom stereocenters. The highest BCUT2D eigenvalue weighted by Gasteiger charge is 2.40. The van der Waals surface area contributed by atoms with Crippen molar-refractivity contribution in [2.75, 3.05) is 11.9 Å². The molecular weight excluding hydrogens is 296 g/mol. The number of para-hydroxylation sites is 1. The number of carbonyl (C=O) groups is 1. The molecule has 126 valence electrons. The van der Waals surface area contributed by atoms with E-state index in [0.29, 0.717) is 0 Å². The molecule has 1 aliphatic rings. The molecule has 3 rings (SSSR count). The summed E-state index contributed by atoms with van der Waals surface area (Å²) in [4.78, 5) is 15.1. The molecule has 0 spiro atoms. The van der Waals surface area contributed by atoms with E-state index < -0.39 is 0 Å². The van der Waals surface area contributed by atoms with E-state index in [1.165, 1.54) is 5.56 Å². The number of benzene rings is 2. The second kappa shape index (κ2) is 7.08. The lowest BCUT2D eigenvalue weighted by molar-refractivity contribution is 0.0522. The van der Waals surface area contributed by atoms with Gasteiger partial charge in [0, 0.05) is 12.2 Å². The largest absolute Gasteiger partial charge is 0.362 e. The molecule has 3 nitrogen and oxygen atoms in total. The lowest BCUT2D eigenvalue weighted by Crippen LogP contribution is -2.58. The van der Waals surface area contributed by atoms with Crippen molar-refractivity contribution in [1.29, 1.82) is 0 Å². The summed E-state index contributed by atoms with van der Waals surface area (Å²) in [5.41, 5.74) is 2.68. The van der Waals surface area contributed by atoms with Gasteiger partial charge in [-0.25, -0.2) is 0 Å². The first-order valence-electron chi connectivity index (χ1n) is 8.87. The molecule has 0 radical (unpaired) electrons. The van der Waals surface area contributed by atoms with Gasteiger partial charge in [-0.15, -0.1) is 0 Å². The van der Waals surface area contributed by atoms with Crippen LogP contribution in [0.3, 0.4) is 0 Å². The van der Waals surface area contributed by atoms with Crippen molar-refractivity contribution in [2.24, 2.45) is 0 Å². The van der Waals surface area contributed by atoms with E-state index in [4.69, 9.17) is 0 Å². The minimum atomic E-state index is -0.323. The number of nitrogens with one attached hydrogen (secondary N) is 1. The lowest BCUT2D eigenvalue weighted by atomic mass is 9.95. The van der Waals surface area contributed by atoms with Crippen LogP contribution in [0.25, 0.3) is 0 Å². The standard InChI is InChI=1S/C21H26N2O/c1-3-4-15-21(2)22-19-13-9-8-12-18(19)20(24)23(21)16-14-17-10-6-5-7-11-17/h5-13,22H,3-4,14-16H2,1-2H3. The molecule has 1 heterocycles. The Morgan fingerprint density at radius 2 is 1.75 bits per heavy atom. The number of hydrogen-bond acceptors (Lipinski definition) is 2. The zero-order valence-corrected chi connectivity index (χ0v) is 14.6. The lowest BCUT2D eigenvalue weighted by Gasteiger charge is -2.46. The molecule has 0 aromatic heterocycles. The highest BCUT2D eigenvalue weighted by Crippen LogP contribution is 2.34. The maximum atomic E-state index is 13.1. The molecule has 0 saturated carbocycles. The van der Waals surface area contributed by atoms with Crippen molar-refractivity contribution in [3.8, 4) is 0 Å². The summed E-state index contributed by atoms with van der Waals surface area (Å²) in [5, 5.41) is 3.63. The molecule has 1 aliphatic heterocycles. The van der Waals surface area contributed by atoms with Gasteiger partial charge in [-0.05, 0) is 43.9 Å². The third-order valence-electron chi connectivity index (χ3n) is 4.89. The quantitative estimate of drug-likeness (QED) is 0.836. The number of anilines is 1. The average Bonchev–Trinajstić information content (AvgIpc) is 2.61. The Labute approximate surface area is 144 Å². The van der Waals surface area contributed by atoms with Crippen LogP contribution in [-0.2, 0) is 6.42 Å². The van der Waals surface area contributed by atoms with Crippen LogP contribution in [0.15, 0.2) is 54.6 Å². The summed E-state index contributed by atoms with van der Waals surface area (Å²) >= 11 is 0. The highest BCUT2D eigenvalue weighted by molar-refractivity contribution is 6.02. The first-order chi connectivity index (χ1) is 11.6. The van der Waals surface area contributed by atoms with Crippen molar-refractivity contribution >= 4 is 11.6 Å². The van der Waals surface area contributed by atoms with E-state index in [-0.39, 0.29) is 11.6 Å². The van der Waals surface area contributed by atoms with Crippen LogP contribution >= 0.6 is 0 Å². The van der Waals surface area contributed by atoms with Crippen molar-refractivity contribution in [2.45, 2.75) is 45.2 Å². The van der Waals surface area contributed by atoms with Crippen molar-refractivity contribution in [1.82, 2.24) is 4.90 Å². The smallest absolute Gasteiger partial charge is 0.257 e. The maximum Gasteiger partial charge on any atom is 0.257 e. The van der Waals surface area contributed by atoms with Gasteiger partial charge >= 0.3 is 0 Å². The second-order valence-electron chi connectivity index (χ2n) is 6.74. The molecule has 1 N–H and O–H groups in total. The Hall–Kier alpha value is -2.29. The van der Waals surface area contributed by atoms with Gasteiger partial charge in [-0.3, -0.25) is 4.79 Å². The highest BCUT2D eigenvalue weighted by atomic mass is 16.2. The van der Waals surface area contributed by atoms with E-state index in [1.54, 1.807) is 0 Å². The molecule has 0 aliphatic carbocycles. The molecule has 1 amide bonds. The molecule has 3 heteroatoms. The minimum Gasteiger partial charge on any atom is -0.362 e. The van der Waals surface area contributed by atoms with E-state index in [9.17, 15) is 4.79 Å². The summed E-state index contributed by atoms with van der Waals surface area (Å²) in [7, 11) is 0. The second-order valence-corrected chi connectivity index (χ2v) is 6.74. The van der Waals surface area contributed by atoms with Crippen LogP contribution in [0.4, 0.5) is 5.69 Å². The van der Waals surface area contributed by atoms with Crippen LogP contribution in [0, 0.1) is 0 Å². The number of unbranched alkanes of at least 4 members (excludes halogenated alkanes) is 1. The minimum absolute atomic E-state index is 0.138. The Morgan fingerprint density at radius 1 is 1.04 bits per heavy atom. The SMILES string of the molecule is CCCCC1(C)Nc2ccccc2C(=O)N1CCc1ccccc1. The van der Waals surface area contributed by atoms with Crippen molar-refractivity contribution in [3.05, 3.63) is 65.7 Å². The van der Waals surface area contributed by atoms with Crippen LogP contribution in [0.2, 0.25) is 0 Å². The Balaban J connectivity index is 1.86. The maximum absolute atomic E-state index is 13.1. The van der Waals surface area contributed by atoms with Gasteiger partial charge in [0.05, 0.1) is 5.56 Å². The van der Waals surface area contributed by atoms with Crippen LogP contribution in [0.1, 0.15) is 49.0 Å². The van der Waals surface area contributed by atoms with E-state index in [0.717, 1.165) is 43.5 Å². The molecular formula is C21H26N2O. The Morgan fingerprint density at radius 3 is 2.50 bits per heavy atom. The summed E-state index contributed by atoms with van der Waals surface area (Å²) < 4.78 is 0. The number of amides is 1. The zero-order chi connectivity index (χ0) is 17.0. The normalized spacial score (nSPS) is 19.8. The molecule has 0 bridgehead atoms. The number of rotatable bonds is 6. The first kappa shape index (κ1) is 16.6. The molecule has 24 heavy (non-hydrogen) atoms. The third kappa shape index (κ3) is 3.30. The van der Waals surface area contributed by atoms with Crippen molar-refractivity contribution < 1.29 is 4.79 Å². The fraction of sp³-hybridized carbons (Fsp3) is 0.381. The number of nitrogens with zero attached hydrogens (tertiary/aromatic N) is 1. The van der Waals surface area contributed by atoms with E-state index in [1.807, 2.05) is 35.2 Å². The summed E-state index contributed by atoms with van der Waals surface area (Å²) in [6.45, 7) is 5.07. The molecule has 2 aromatic rings. The predicted octanol–water partition coefficient (Wildman–Crippen LogP) is 4.70. The van der Waals surface area contributed by atoms with Crippen LogP contribution in [-0.4, -0.2) is 23.0 Å². The molecule has 0 fully saturated rings.